The van der Waals surface area contributed by atoms with Crippen LogP contribution in [-0.2, 0) is 11.3 Å². The highest BCUT2D eigenvalue weighted by Crippen LogP contribution is 2.12. The van der Waals surface area contributed by atoms with E-state index in [2.05, 4.69) is 10.00 Å². The second kappa shape index (κ2) is 6.17. The van der Waals surface area contributed by atoms with E-state index >= 15 is 0 Å². The van der Waals surface area contributed by atoms with Gasteiger partial charge in [-0.05, 0) is 19.9 Å². The molecular weight excluding hydrogens is 232 g/mol. The zero-order valence-electron chi connectivity index (χ0n) is 10.8. The van der Waals surface area contributed by atoms with Crippen LogP contribution in [0.15, 0.2) is 12.4 Å². The minimum Gasteiger partial charge on any atom is -0.396 e. The third-order valence-corrected chi connectivity index (χ3v) is 3.11. The minimum absolute atomic E-state index is 0.322. The van der Waals surface area contributed by atoms with Crippen molar-refractivity contribution >= 4 is 5.69 Å². The summed E-state index contributed by atoms with van der Waals surface area (Å²) in [5.41, 5.74) is 6.19. The summed E-state index contributed by atoms with van der Waals surface area (Å²) in [6.45, 7) is 2.82. The Morgan fingerprint density at radius 2 is 2.56 bits per heavy atom. The Labute approximate surface area is 107 Å². The number of aliphatic hydroxyl groups excluding tert-OH is 1. The monoisotopic (exact) mass is 254 g/mol. The Bertz CT molecular complexity index is 363. The highest BCUT2D eigenvalue weighted by molar-refractivity contribution is 5.30. The van der Waals surface area contributed by atoms with Crippen molar-refractivity contribution in [1.29, 1.82) is 0 Å². The van der Waals surface area contributed by atoms with Gasteiger partial charge < -0.3 is 20.5 Å². The topological polar surface area (TPSA) is 76.5 Å². The molecule has 0 radical (unpaired) electrons. The van der Waals surface area contributed by atoms with Gasteiger partial charge >= 0.3 is 0 Å². The average molecular weight is 254 g/mol. The third-order valence-electron chi connectivity index (χ3n) is 3.11. The Hall–Kier alpha value is -1.11. The zero-order valence-corrected chi connectivity index (χ0v) is 10.8. The Kier molecular flexibility index (Phi) is 4.57. The molecule has 2 unspecified atom stereocenters. The van der Waals surface area contributed by atoms with Crippen molar-refractivity contribution in [2.24, 2.45) is 0 Å². The van der Waals surface area contributed by atoms with Gasteiger partial charge in [0.25, 0.3) is 0 Å². The highest BCUT2D eigenvalue weighted by atomic mass is 16.5. The number of hydrogen-bond donors (Lipinski definition) is 2. The number of nitrogen functional groups attached to an aromatic ring is 1. The summed E-state index contributed by atoms with van der Waals surface area (Å²) in [5.74, 6) is 0. The molecule has 1 aliphatic rings. The molecule has 6 heteroatoms. The Balaban J connectivity index is 1.71. The standard InChI is InChI=1S/C12H22N4O2/c1-15(9-12-3-2-4-18-12)7-11(17)8-16-6-10(13)5-14-16/h5-6,11-12,17H,2-4,7-9,13H2,1H3. The molecule has 2 rings (SSSR count). The number of likely N-dealkylation sites (N-methyl/N-ethyl adjacent to an activating group) is 1. The van der Waals surface area contributed by atoms with Gasteiger partial charge in [-0.2, -0.15) is 5.10 Å². The lowest BCUT2D eigenvalue weighted by atomic mass is 10.2. The lowest BCUT2D eigenvalue weighted by Crippen LogP contribution is -2.36. The van der Waals surface area contributed by atoms with E-state index in [1.807, 2.05) is 7.05 Å². The summed E-state index contributed by atoms with van der Waals surface area (Å²) < 4.78 is 7.24. The number of rotatable bonds is 6. The van der Waals surface area contributed by atoms with Gasteiger partial charge in [-0.15, -0.1) is 0 Å². The fourth-order valence-corrected chi connectivity index (χ4v) is 2.32. The molecule has 6 nitrogen and oxygen atoms in total. The van der Waals surface area contributed by atoms with E-state index in [0.717, 1.165) is 26.0 Å². The summed E-state index contributed by atoms with van der Waals surface area (Å²) >= 11 is 0. The first-order valence-electron chi connectivity index (χ1n) is 6.39. The maximum absolute atomic E-state index is 9.97. The van der Waals surface area contributed by atoms with E-state index in [9.17, 15) is 5.11 Å². The van der Waals surface area contributed by atoms with E-state index in [1.54, 1.807) is 17.1 Å². The summed E-state index contributed by atoms with van der Waals surface area (Å²) in [6, 6.07) is 0. The number of ether oxygens (including phenoxy) is 1. The van der Waals surface area contributed by atoms with Crippen LogP contribution in [0.4, 0.5) is 5.69 Å². The normalized spacial score (nSPS) is 21.6. The van der Waals surface area contributed by atoms with Gasteiger partial charge in [0, 0.05) is 25.9 Å². The molecule has 0 bridgehead atoms. The van der Waals surface area contributed by atoms with E-state index in [4.69, 9.17) is 10.5 Å². The number of anilines is 1. The molecule has 1 aromatic heterocycles. The van der Waals surface area contributed by atoms with E-state index < -0.39 is 6.10 Å². The summed E-state index contributed by atoms with van der Waals surface area (Å²) in [7, 11) is 2.00. The van der Waals surface area contributed by atoms with Gasteiger partial charge in [-0.3, -0.25) is 4.68 Å². The van der Waals surface area contributed by atoms with Crippen LogP contribution in [0.2, 0.25) is 0 Å². The molecule has 0 saturated carbocycles. The maximum Gasteiger partial charge on any atom is 0.0862 e. The van der Waals surface area contributed by atoms with E-state index in [0.29, 0.717) is 24.9 Å². The van der Waals surface area contributed by atoms with Crippen LogP contribution in [0.3, 0.4) is 0 Å². The first kappa shape index (κ1) is 13.3. The minimum atomic E-state index is -0.448. The van der Waals surface area contributed by atoms with Crippen LogP contribution in [0.1, 0.15) is 12.8 Å². The van der Waals surface area contributed by atoms with Crippen molar-refractivity contribution in [3.63, 3.8) is 0 Å². The lowest BCUT2D eigenvalue weighted by molar-refractivity contribution is 0.0550. The van der Waals surface area contributed by atoms with Crippen LogP contribution < -0.4 is 5.73 Å². The number of nitrogens with two attached hydrogens (primary N) is 1. The number of aromatic nitrogens is 2. The molecule has 18 heavy (non-hydrogen) atoms. The van der Waals surface area contributed by atoms with Crippen molar-refractivity contribution < 1.29 is 9.84 Å². The molecule has 102 valence electrons. The molecule has 1 aliphatic heterocycles. The molecule has 1 saturated heterocycles. The smallest absolute Gasteiger partial charge is 0.0862 e. The molecule has 2 atom stereocenters. The predicted octanol–water partition coefficient (Wildman–Crippen LogP) is -0.0630. The first-order chi connectivity index (χ1) is 8.63. The SMILES string of the molecule is CN(CC(O)Cn1cc(N)cn1)CC1CCCO1. The molecule has 0 spiro atoms. The van der Waals surface area contributed by atoms with E-state index in [-0.39, 0.29) is 0 Å². The summed E-state index contributed by atoms with van der Waals surface area (Å²) in [6.07, 6.45) is 5.45. The Morgan fingerprint density at radius 1 is 1.72 bits per heavy atom. The van der Waals surface area contributed by atoms with Gasteiger partial charge in [0.1, 0.15) is 0 Å². The van der Waals surface area contributed by atoms with Gasteiger partial charge in [0.15, 0.2) is 0 Å². The molecule has 1 fully saturated rings. The van der Waals surface area contributed by atoms with Crippen LogP contribution in [0, 0.1) is 0 Å². The van der Waals surface area contributed by atoms with Crippen molar-refractivity contribution in [2.75, 3.05) is 32.5 Å². The van der Waals surface area contributed by atoms with Gasteiger partial charge in [-0.25, -0.2) is 0 Å². The first-order valence-corrected chi connectivity index (χ1v) is 6.39. The molecule has 0 amide bonds. The molecule has 0 aromatic carbocycles. The fourth-order valence-electron chi connectivity index (χ4n) is 2.32. The van der Waals surface area contributed by atoms with Crippen molar-refractivity contribution in [1.82, 2.24) is 14.7 Å². The molecule has 1 aromatic rings. The fraction of sp³-hybridized carbons (Fsp3) is 0.750. The van der Waals surface area contributed by atoms with Gasteiger partial charge in [0.05, 0.1) is 30.6 Å². The van der Waals surface area contributed by atoms with Crippen LogP contribution in [-0.4, -0.2) is 58.7 Å². The second-order valence-corrected chi connectivity index (χ2v) is 5.01. The van der Waals surface area contributed by atoms with Crippen molar-refractivity contribution in [2.45, 2.75) is 31.6 Å². The molecule has 2 heterocycles. The summed E-state index contributed by atoms with van der Waals surface area (Å²) in [4.78, 5) is 2.10. The van der Waals surface area contributed by atoms with Crippen molar-refractivity contribution in [3.05, 3.63) is 12.4 Å². The molecule has 3 N–H and O–H groups in total. The number of nitrogens with zero attached hydrogens (tertiary/aromatic N) is 3. The number of hydrogen-bond acceptors (Lipinski definition) is 5. The highest BCUT2D eigenvalue weighted by Gasteiger charge is 2.18. The predicted molar refractivity (Wildman–Crippen MR) is 69.1 cm³/mol. The third kappa shape index (κ3) is 3.97. The van der Waals surface area contributed by atoms with Crippen LogP contribution in [0.25, 0.3) is 0 Å². The maximum atomic E-state index is 9.97. The van der Waals surface area contributed by atoms with Crippen molar-refractivity contribution in [3.8, 4) is 0 Å². The Morgan fingerprint density at radius 3 is 3.17 bits per heavy atom. The zero-order chi connectivity index (χ0) is 13.0. The largest absolute Gasteiger partial charge is 0.396 e. The molecule has 0 aliphatic carbocycles. The quantitative estimate of drug-likeness (QED) is 0.743. The molecular formula is C12H22N4O2. The average Bonchev–Trinajstić information content (AvgIpc) is 2.90. The van der Waals surface area contributed by atoms with Gasteiger partial charge in [-0.1, -0.05) is 0 Å². The second-order valence-electron chi connectivity index (χ2n) is 5.01. The van der Waals surface area contributed by atoms with Gasteiger partial charge in [0.2, 0.25) is 0 Å². The van der Waals surface area contributed by atoms with E-state index in [1.165, 1.54) is 0 Å². The lowest BCUT2D eigenvalue weighted by Gasteiger charge is -2.23. The van der Waals surface area contributed by atoms with Crippen LogP contribution in [0.5, 0.6) is 0 Å². The summed E-state index contributed by atoms with van der Waals surface area (Å²) in [5, 5.41) is 14.0. The van der Waals surface area contributed by atoms with Crippen LogP contribution >= 0.6 is 0 Å². The number of aliphatic hydroxyl groups is 1.